The van der Waals surface area contributed by atoms with Gasteiger partial charge in [0.25, 0.3) is 0 Å². The maximum Gasteiger partial charge on any atom is 0.152 e. The fourth-order valence-electron chi connectivity index (χ4n) is 0. The van der Waals surface area contributed by atoms with Gasteiger partial charge in [-0.3, -0.25) is 0 Å². The van der Waals surface area contributed by atoms with Crippen molar-refractivity contribution in [3.63, 3.8) is 0 Å². The van der Waals surface area contributed by atoms with Gasteiger partial charge in [-0.25, -0.2) is 16.8 Å². The highest BCUT2D eigenvalue weighted by Crippen LogP contribution is 2.11. The topological polar surface area (TPSA) is 68.3 Å². The molecule has 22 heavy (non-hydrogen) atoms. The third kappa shape index (κ3) is 42.7. The molecule has 0 aliphatic rings. The van der Waals surface area contributed by atoms with Crippen LogP contribution in [0, 0.1) is 5.92 Å². The number of hydrogen-bond donors (Lipinski definition) is 0. The number of rotatable bonds is 2. The Morgan fingerprint density at radius 2 is 1.09 bits per heavy atom. The highest BCUT2D eigenvalue weighted by Gasteiger charge is 2.22. The van der Waals surface area contributed by atoms with Crippen LogP contribution in [-0.2, 0) is 19.7 Å². The van der Waals surface area contributed by atoms with E-state index in [9.17, 15) is 16.8 Å². The highest BCUT2D eigenvalue weighted by molar-refractivity contribution is 7.92. The molecule has 138 valence electrons. The Labute approximate surface area is 140 Å². The van der Waals surface area contributed by atoms with E-state index in [0.29, 0.717) is 0 Å². The largest absolute Gasteiger partial charge is 0.229 e. The first-order valence-corrected chi connectivity index (χ1v) is 11.4. The first kappa shape index (κ1) is 29.6. The summed E-state index contributed by atoms with van der Waals surface area (Å²) in [6.45, 7) is 18.7. The van der Waals surface area contributed by atoms with Crippen LogP contribution in [0.3, 0.4) is 0 Å². The quantitative estimate of drug-likeness (QED) is 0.696. The zero-order valence-corrected chi connectivity index (χ0v) is 17.9. The molecule has 0 saturated heterocycles. The lowest BCUT2D eigenvalue weighted by molar-refractivity contribution is 0.566. The summed E-state index contributed by atoms with van der Waals surface area (Å²) in [7, 11) is -5.50. The molecule has 0 atom stereocenters. The first-order valence-electron chi connectivity index (χ1n) is 7.44. The Morgan fingerprint density at radius 1 is 0.955 bits per heavy atom. The fraction of sp³-hybridized carbons (Fsp3) is 0.875. The van der Waals surface area contributed by atoms with Crippen molar-refractivity contribution in [2.45, 2.75) is 66.6 Å². The molecule has 0 aromatic carbocycles. The second kappa shape index (κ2) is 14.2. The maximum atomic E-state index is 10.7. The van der Waals surface area contributed by atoms with Gasteiger partial charge in [-0.1, -0.05) is 40.7 Å². The van der Waals surface area contributed by atoms with Gasteiger partial charge in [-0.2, -0.15) is 0 Å². The number of sulfone groups is 2. The molecule has 0 bridgehead atoms. The van der Waals surface area contributed by atoms with E-state index >= 15 is 0 Å². The molecule has 0 aromatic heterocycles. The average molecular weight is 359 g/mol. The smallest absolute Gasteiger partial charge is 0.152 e. The molecule has 0 N–H and O–H groups in total. The van der Waals surface area contributed by atoms with E-state index in [4.69, 9.17) is 0 Å². The van der Waals surface area contributed by atoms with Crippen LogP contribution in [0.25, 0.3) is 0 Å². The van der Waals surface area contributed by atoms with Crippen LogP contribution in [0.5, 0.6) is 0 Å². The monoisotopic (exact) mass is 358 g/mol. The summed E-state index contributed by atoms with van der Waals surface area (Å²) in [4.78, 5) is 0. The zero-order valence-electron chi connectivity index (χ0n) is 16.2. The van der Waals surface area contributed by atoms with Crippen LogP contribution in [0.2, 0.25) is 0 Å². The van der Waals surface area contributed by atoms with Crippen LogP contribution in [0.1, 0.15) is 61.8 Å². The molecule has 0 unspecified atom stereocenters. The molecular weight excluding hydrogens is 320 g/mol. The van der Waals surface area contributed by atoms with Crippen molar-refractivity contribution >= 4 is 19.7 Å². The lowest BCUT2D eigenvalue weighted by Gasteiger charge is -2.14. The summed E-state index contributed by atoms with van der Waals surface area (Å²) in [6, 6.07) is 0. The highest BCUT2D eigenvalue weighted by atomic mass is 32.2. The van der Waals surface area contributed by atoms with Crippen LogP contribution in [0.4, 0.5) is 0 Å². The van der Waals surface area contributed by atoms with Gasteiger partial charge in [-0.05, 0) is 33.1 Å². The normalized spacial score (nSPS) is 11.0. The summed E-state index contributed by atoms with van der Waals surface area (Å²) < 4.78 is 40.7. The van der Waals surface area contributed by atoms with Gasteiger partial charge in [0.1, 0.15) is 9.84 Å². The van der Waals surface area contributed by atoms with Gasteiger partial charge in [-0.15, -0.1) is 6.58 Å². The SMILES string of the molecule is C=CCC.CC(C)(C)S(C)(=O)=O.CC(C)C.CCS(C)(=O)=O. The van der Waals surface area contributed by atoms with Gasteiger partial charge >= 0.3 is 0 Å². The lowest BCUT2D eigenvalue weighted by atomic mass is 10.3. The number of allylic oxidation sites excluding steroid dienone is 1. The van der Waals surface area contributed by atoms with Crippen LogP contribution < -0.4 is 0 Å². The van der Waals surface area contributed by atoms with E-state index in [1.165, 1.54) is 12.5 Å². The van der Waals surface area contributed by atoms with Crippen molar-refractivity contribution in [1.29, 1.82) is 0 Å². The zero-order chi connectivity index (χ0) is 19.2. The molecule has 4 nitrogen and oxygen atoms in total. The van der Waals surface area contributed by atoms with E-state index < -0.39 is 24.4 Å². The molecule has 0 aromatic rings. The minimum absolute atomic E-state index is 0.243. The molecule has 0 aliphatic carbocycles. The molecule has 0 saturated carbocycles. The van der Waals surface area contributed by atoms with Crippen molar-refractivity contribution < 1.29 is 16.8 Å². The van der Waals surface area contributed by atoms with Gasteiger partial charge in [0.05, 0.1) is 4.75 Å². The number of hydrogen-bond acceptors (Lipinski definition) is 4. The van der Waals surface area contributed by atoms with Crippen LogP contribution in [-0.4, -0.2) is 39.8 Å². The van der Waals surface area contributed by atoms with Gasteiger partial charge < -0.3 is 0 Å². The van der Waals surface area contributed by atoms with E-state index in [-0.39, 0.29) is 5.75 Å². The molecular formula is C16H38O4S2. The predicted octanol–water partition coefficient (Wildman–Crippen LogP) is 4.13. The van der Waals surface area contributed by atoms with Crippen LogP contribution >= 0.6 is 0 Å². The van der Waals surface area contributed by atoms with Crippen molar-refractivity contribution in [3.8, 4) is 0 Å². The molecule has 0 amide bonds. The third-order valence-electron chi connectivity index (χ3n) is 1.93. The first-order chi connectivity index (χ1) is 9.46. The Bertz CT molecular complexity index is 436. The van der Waals surface area contributed by atoms with Gasteiger partial charge in [0, 0.05) is 18.3 Å². The summed E-state index contributed by atoms with van der Waals surface area (Å²) in [6.07, 6.45) is 5.42. The molecule has 0 fully saturated rings. The van der Waals surface area contributed by atoms with Crippen LogP contribution in [0.15, 0.2) is 12.7 Å². The summed E-state index contributed by atoms with van der Waals surface area (Å²) in [5.74, 6) is 1.08. The van der Waals surface area contributed by atoms with E-state index in [2.05, 4.69) is 34.3 Å². The average Bonchev–Trinajstić information content (AvgIpc) is 2.26. The molecule has 0 radical (unpaired) electrons. The Morgan fingerprint density at radius 3 is 1.09 bits per heavy atom. The minimum Gasteiger partial charge on any atom is -0.229 e. The summed E-state index contributed by atoms with van der Waals surface area (Å²) in [5, 5.41) is 0. The van der Waals surface area contributed by atoms with Crippen molar-refractivity contribution in [3.05, 3.63) is 12.7 Å². The second-order valence-corrected chi connectivity index (χ2v) is 11.7. The van der Waals surface area contributed by atoms with Gasteiger partial charge in [0.2, 0.25) is 0 Å². The fourth-order valence-corrected chi connectivity index (χ4v) is 0. The summed E-state index contributed by atoms with van der Waals surface area (Å²) >= 11 is 0. The van der Waals surface area contributed by atoms with Crippen molar-refractivity contribution in [2.75, 3.05) is 18.3 Å². The standard InChI is InChI=1S/C5H12O2S.C4H10.C4H8.C3H8O2S/c1-5(2,3)8(4,6)7;1-4(2)3;1-3-4-2;1-3-6(2,4)5/h1-4H3;4H,1-3H3;3H,1,4H2,2H3;3H2,1-2H3. The Kier molecular flexibility index (Phi) is 19.2. The molecule has 0 aliphatic heterocycles. The van der Waals surface area contributed by atoms with Crippen molar-refractivity contribution in [1.82, 2.24) is 0 Å². The van der Waals surface area contributed by atoms with E-state index in [1.54, 1.807) is 27.7 Å². The molecule has 0 rings (SSSR count). The summed E-state index contributed by atoms with van der Waals surface area (Å²) in [5.41, 5.74) is 0. The van der Waals surface area contributed by atoms with Gasteiger partial charge in [0.15, 0.2) is 9.84 Å². The lowest BCUT2D eigenvalue weighted by Crippen LogP contribution is -2.26. The van der Waals surface area contributed by atoms with E-state index in [1.807, 2.05) is 6.08 Å². The molecule has 0 spiro atoms. The van der Waals surface area contributed by atoms with Crippen molar-refractivity contribution in [2.24, 2.45) is 5.92 Å². The van der Waals surface area contributed by atoms with E-state index in [0.717, 1.165) is 12.3 Å². The minimum atomic E-state index is -2.84. The third-order valence-corrected chi connectivity index (χ3v) is 5.20. The maximum absolute atomic E-state index is 10.7. The molecule has 6 heteroatoms. The second-order valence-electron chi connectivity index (χ2n) is 6.53. The predicted molar refractivity (Wildman–Crippen MR) is 101 cm³/mol. The Balaban J connectivity index is -0.000000103. The molecule has 0 heterocycles. The Hall–Kier alpha value is -0.360.